The third-order valence-electron chi connectivity index (χ3n) is 4.44. The van der Waals surface area contributed by atoms with E-state index in [1.807, 2.05) is 60.7 Å². The molecule has 1 heterocycles. The number of benzene rings is 2. The molecule has 5 nitrogen and oxygen atoms in total. The van der Waals surface area contributed by atoms with Crippen LogP contribution in [0.1, 0.15) is 40.5 Å². The lowest BCUT2D eigenvalue weighted by Crippen LogP contribution is -2.19. The van der Waals surface area contributed by atoms with Gasteiger partial charge in [0.25, 0.3) is 0 Å². The van der Waals surface area contributed by atoms with Gasteiger partial charge in [-0.3, -0.25) is 9.59 Å². The van der Waals surface area contributed by atoms with Gasteiger partial charge in [0.15, 0.2) is 5.82 Å². The zero-order chi connectivity index (χ0) is 19.1. The van der Waals surface area contributed by atoms with Crippen LogP contribution >= 0.6 is 0 Å². The van der Waals surface area contributed by atoms with Gasteiger partial charge in [-0.05, 0) is 17.5 Å². The van der Waals surface area contributed by atoms with Crippen molar-refractivity contribution < 1.29 is 14.3 Å². The lowest BCUT2D eigenvalue weighted by molar-refractivity contribution is -0.145. The number of aryl methyl sites for hydroxylation is 1. The Morgan fingerprint density at radius 2 is 1.70 bits per heavy atom. The van der Waals surface area contributed by atoms with Gasteiger partial charge in [0.2, 0.25) is 5.78 Å². The van der Waals surface area contributed by atoms with Gasteiger partial charge in [0.1, 0.15) is 6.61 Å². The van der Waals surface area contributed by atoms with Gasteiger partial charge in [0, 0.05) is 25.9 Å². The van der Waals surface area contributed by atoms with E-state index in [1.54, 1.807) is 24.0 Å². The Morgan fingerprint density at radius 1 is 1.04 bits per heavy atom. The van der Waals surface area contributed by atoms with Crippen LogP contribution in [0.15, 0.2) is 73.1 Å². The van der Waals surface area contributed by atoms with E-state index in [9.17, 15) is 9.59 Å². The van der Waals surface area contributed by atoms with Crippen LogP contribution in [0.25, 0.3) is 0 Å². The average Bonchev–Trinajstić information content (AvgIpc) is 3.14. The highest BCUT2D eigenvalue weighted by Crippen LogP contribution is 2.25. The zero-order valence-corrected chi connectivity index (χ0v) is 15.2. The predicted molar refractivity (Wildman–Crippen MR) is 102 cm³/mol. The smallest absolute Gasteiger partial charge is 0.306 e. The first-order valence-corrected chi connectivity index (χ1v) is 8.91. The molecule has 138 valence electrons. The Labute approximate surface area is 158 Å². The number of Topliss-reactive ketones (excluding diaryl/α,β-unsaturated/α-hetero) is 1. The van der Waals surface area contributed by atoms with Gasteiger partial charge in [-0.2, -0.15) is 0 Å². The Hall–Kier alpha value is -3.21. The van der Waals surface area contributed by atoms with E-state index in [4.69, 9.17) is 4.74 Å². The van der Waals surface area contributed by atoms with Gasteiger partial charge in [0.05, 0.1) is 5.92 Å². The second-order valence-corrected chi connectivity index (χ2v) is 6.37. The maximum Gasteiger partial charge on any atom is 0.306 e. The van der Waals surface area contributed by atoms with E-state index < -0.39 is 5.92 Å². The van der Waals surface area contributed by atoms with E-state index in [0.29, 0.717) is 12.2 Å². The summed E-state index contributed by atoms with van der Waals surface area (Å²) >= 11 is 0. The van der Waals surface area contributed by atoms with Crippen molar-refractivity contribution in [3.05, 3.63) is 90.0 Å². The number of hydrogen-bond donors (Lipinski definition) is 0. The molecule has 0 N–H and O–H groups in total. The molecule has 0 fully saturated rings. The van der Waals surface area contributed by atoms with E-state index in [1.165, 1.54) is 0 Å². The van der Waals surface area contributed by atoms with Crippen LogP contribution in [0.5, 0.6) is 0 Å². The van der Waals surface area contributed by atoms with E-state index in [0.717, 1.165) is 11.1 Å². The first-order valence-electron chi connectivity index (χ1n) is 8.91. The maximum atomic E-state index is 13.0. The Balaban J connectivity index is 1.66. The zero-order valence-electron chi connectivity index (χ0n) is 15.2. The van der Waals surface area contributed by atoms with Crippen LogP contribution in [0.2, 0.25) is 0 Å². The van der Waals surface area contributed by atoms with Crippen molar-refractivity contribution in [1.29, 1.82) is 0 Å². The summed E-state index contributed by atoms with van der Waals surface area (Å²) in [6.07, 6.45) is 3.89. The molecule has 3 aromatic rings. The highest BCUT2D eigenvalue weighted by atomic mass is 16.5. The van der Waals surface area contributed by atoms with Crippen LogP contribution in [0.3, 0.4) is 0 Å². The number of hydrogen-bond acceptors (Lipinski definition) is 4. The number of aromatic nitrogens is 2. The quantitative estimate of drug-likeness (QED) is 0.450. The van der Waals surface area contributed by atoms with Crippen LogP contribution in [-0.4, -0.2) is 21.3 Å². The standard InChI is InChI=1S/C22H22N2O3/c1-24-15-14-23-22(24)21(26)19(18-10-6-3-7-11-18)12-13-20(25)27-16-17-8-4-2-5-9-17/h2-11,14-15,19H,12-13,16H2,1H3. The SMILES string of the molecule is Cn1ccnc1C(=O)C(CCC(=O)OCc1ccccc1)c1ccccc1. The molecule has 1 aromatic heterocycles. The summed E-state index contributed by atoms with van der Waals surface area (Å²) in [7, 11) is 1.79. The first-order chi connectivity index (χ1) is 13.1. The monoisotopic (exact) mass is 362 g/mol. The summed E-state index contributed by atoms with van der Waals surface area (Å²) in [6.45, 7) is 0.239. The predicted octanol–water partition coefficient (Wildman–Crippen LogP) is 3.91. The molecule has 0 spiro atoms. The maximum absolute atomic E-state index is 13.0. The minimum Gasteiger partial charge on any atom is -0.461 e. The fourth-order valence-corrected chi connectivity index (χ4v) is 2.97. The molecule has 27 heavy (non-hydrogen) atoms. The molecule has 0 radical (unpaired) electrons. The van der Waals surface area contributed by atoms with Crippen LogP contribution in [0, 0.1) is 0 Å². The highest BCUT2D eigenvalue weighted by molar-refractivity contribution is 5.98. The number of esters is 1. The first kappa shape index (κ1) is 18.6. The number of carbonyl (C=O) groups is 2. The Morgan fingerprint density at radius 3 is 2.33 bits per heavy atom. The van der Waals surface area contributed by atoms with Crippen LogP contribution < -0.4 is 0 Å². The van der Waals surface area contributed by atoms with Gasteiger partial charge in [-0.1, -0.05) is 60.7 Å². The fourth-order valence-electron chi connectivity index (χ4n) is 2.97. The number of imidazole rings is 1. The second kappa shape index (κ2) is 8.94. The molecule has 0 aliphatic rings. The number of ether oxygens (including phenoxy) is 1. The second-order valence-electron chi connectivity index (χ2n) is 6.37. The molecule has 0 aliphatic heterocycles. The van der Waals surface area contributed by atoms with Crippen molar-refractivity contribution in [2.75, 3.05) is 0 Å². The van der Waals surface area contributed by atoms with E-state index in [-0.39, 0.29) is 24.8 Å². The van der Waals surface area contributed by atoms with Gasteiger partial charge < -0.3 is 9.30 Å². The molecule has 2 aromatic carbocycles. The molecule has 1 unspecified atom stereocenters. The number of rotatable bonds is 8. The van der Waals surface area contributed by atoms with Crippen molar-refractivity contribution in [1.82, 2.24) is 9.55 Å². The van der Waals surface area contributed by atoms with Crippen molar-refractivity contribution in [3.63, 3.8) is 0 Å². The minimum absolute atomic E-state index is 0.0930. The minimum atomic E-state index is -0.434. The van der Waals surface area contributed by atoms with Crippen LogP contribution in [0.4, 0.5) is 0 Å². The molecule has 0 saturated carbocycles. The number of carbonyl (C=O) groups excluding carboxylic acids is 2. The Bertz CT molecular complexity index is 888. The summed E-state index contributed by atoms with van der Waals surface area (Å²) in [5.74, 6) is -0.449. The van der Waals surface area contributed by atoms with E-state index >= 15 is 0 Å². The topological polar surface area (TPSA) is 61.2 Å². The average molecular weight is 362 g/mol. The largest absolute Gasteiger partial charge is 0.461 e. The van der Waals surface area contributed by atoms with Crippen molar-refractivity contribution in [2.45, 2.75) is 25.4 Å². The lowest BCUT2D eigenvalue weighted by atomic mass is 9.90. The molecule has 0 amide bonds. The summed E-state index contributed by atoms with van der Waals surface area (Å²) in [4.78, 5) is 29.3. The van der Waals surface area contributed by atoms with Crippen molar-refractivity contribution in [2.24, 2.45) is 7.05 Å². The molecule has 1 atom stereocenters. The molecule has 0 bridgehead atoms. The molecule has 0 saturated heterocycles. The lowest BCUT2D eigenvalue weighted by Gasteiger charge is -2.16. The Kier molecular flexibility index (Phi) is 6.15. The van der Waals surface area contributed by atoms with Crippen molar-refractivity contribution >= 4 is 11.8 Å². The number of nitrogens with zero attached hydrogens (tertiary/aromatic N) is 2. The summed E-state index contributed by atoms with van der Waals surface area (Å²) < 4.78 is 7.04. The van der Waals surface area contributed by atoms with E-state index in [2.05, 4.69) is 4.98 Å². The van der Waals surface area contributed by atoms with Crippen LogP contribution in [-0.2, 0) is 23.2 Å². The number of ketones is 1. The highest BCUT2D eigenvalue weighted by Gasteiger charge is 2.25. The molecular formula is C22H22N2O3. The third-order valence-corrected chi connectivity index (χ3v) is 4.44. The summed E-state index contributed by atoms with van der Waals surface area (Å²) in [5, 5.41) is 0. The molecular weight excluding hydrogens is 340 g/mol. The molecule has 5 heteroatoms. The van der Waals surface area contributed by atoms with Crippen molar-refractivity contribution in [3.8, 4) is 0 Å². The van der Waals surface area contributed by atoms with Gasteiger partial charge >= 0.3 is 5.97 Å². The van der Waals surface area contributed by atoms with Gasteiger partial charge in [-0.15, -0.1) is 0 Å². The molecule has 0 aliphatic carbocycles. The third kappa shape index (κ3) is 4.91. The summed E-state index contributed by atoms with van der Waals surface area (Å²) in [6, 6.07) is 19.0. The normalized spacial score (nSPS) is 11.7. The molecule has 3 rings (SSSR count). The fraction of sp³-hybridized carbons (Fsp3) is 0.227. The van der Waals surface area contributed by atoms with Gasteiger partial charge in [-0.25, -0.2) is 4.98 Å². The summed E-state index contributed by atoms with van der Waals surface area (Å²) in [5.41, 5.74) is 1.82.